The number of nitrogens with one attached hydrogen (secondary N) is 1. The van der Waals surface area contributed by atoms with Gasteiger partial charge in [-0.3, -0.25) is 9.59 Å². The molecule has 0 atom stereocenters. The van der Waals surface area contributed by atoms with Gasteiger partial charge in [-0.1, -0.05) is 0 Å². The molecule has 2 aromatic rings. The molecule has 0 saturated carbocycles. The van der Waals surface area contributed by atoms with Gasteiger partial charge in [-0.2, -0.15) is 0 Å². The number of nitrogen functional groups attached to an aromatic ring is 1. The van der Waals surface area contributed by atoms with E-state index in [1.165, 1.54) is 0 Å². The van der Waals surface area contributed by atoms with Gasteiger partial charge in [0.1, 0.15) is 0 Å². The summed E-state index contributed by atoms with van der Waals surface area (Å²) in [5.74, 6) is -0.291. The van der Waals surface area contributed by atoms with E-state index in [4.69, 9.17) is 5.73 Å². The molecule has 0 amide bonds. The summed E-state index contributed by atoms with van der Waals surface area (Å²) in [7, 11) is 1.77. The number of hydrogen-bond acceptors (Lipinski definition) is 4. The first-order valence-electron chi connectivity index (χ1n) is 5.92. The van der Waals surface area contributed by atoms with Crippen molar-refractivity contribution in [3.63, 3.8) is 0 Å². The van der Waals surface area contributed by atoms with Gasteiger partial charge < -0.3 is 11.1 Å². The van der Waals surface area contributed by atoms with E-state index in [0.717, 1.165) is 5.69 Å². The van der Waals surface area contributed by atoms with E-state index in [2.05, 4.69) is 5.32 Å². The molecular weight excluding hydrogens is 240 g/mol. The number of carbonyl (C=O) groups is 2. The summed E-state index contributed by atoms with van der Waals surface area (Å²) in [4.78, 5) is 24.8. The van der Waals surface area contributed by atoms with E-state index in [-0.39, 0.29) is 11.6 Å². The van der Waals surface area contributed by atoms with Crippen molar-refractivity contribution in [1.29, 1.82) is 0 Å². The Morgan fingerprint density at radius 2 is 1.42 bits per heavy atom. The fourth-order valence-corrected chi connectivity index (χ4v) is 2.32. The topological polar surface area (TPSA) is 72.2 Å². The minimum absolute atomic E-state index is 0.137. The second kappa shape index (κ2) is 3.95. The summed E-state index contributed by atoms with van der Waals surface area (Å²) < 4.78 is 0. The van der Waals surface area contributed by atoms with Gasteiger partial charge in [0.05, 0.1) is 0 Å². The molecule has 1 aliphatic carbocycles. The van der Waals surface area contributed by atoms with Gasteiger partial charge in [0.25, 0.3) is 0 Å². The first-order chi connectivity index (χ1) is 9.11. The molecule has 0 fully saturated rings. The Morgan fingerprint density at radius 3 is 2.05 bits per heavy atom. The first kappa shape index (κ1) is 11.5. The Morgan fingerprint density at radius 1 is 0.842 bits per heavy atom. The van der Waals surface area contributed by atoms with Crippen molar-refractivity contribution in [3.8, 4) is 0 Å². The lowest BCUT2D eigenvalue weighted by Crippen LogP contribution is -2.21. The number of anilines is 2. The second-order valence-corrected chi connectivity index (χ2v) is 4.47. The van der Waals surface area contributed by atoms with Gasteiger partial charge in [0.2, 0.25) is 0 Å². The zero-order valence-electron chi connectivity index (χ0n) is 10.4. The van der Waals surface area contributed by atoms with E-state index in [1.54, 1.807) is 43.4 Å². The molecule has 94 valence electrons. The predicted molar refractivity (Wildman–Crippen MR) is 73.7 cm³/mol. The fourth-order valence-electron chi connectivity index (χ4n) is 2.32. The summed E-state index contributed by atoms with van der Waals surface area (Å²) in [6, 6.07) is 9.96. The van der Waals surface area contributed by atoms with Crippen molar-refractivity contribution in [2.45, 2.75) is 0 Å². The predicted octanol–water partition coefficient (Wildman–Crippen LogP) is 2.09. The van der Waals surface area contributed by atoms with Crippen LogP contribution in [-0.4, -0.2) is 18.6 Å². The molecule has 0 aliphatic heterocycles. The molecule has 2 aromatic carbocycles. The van der Waals surface area contributed by atoms with Crippen LogP contribution in [-0.2, 0) is 0 Å². The van der Waals surface area contributed by atoms with E-state index < -0.39 is 0 Å². The molecule has 0 radical (unpaired) electrons. The van der Waals surface area contributed by atoms with Gasteiger partial charge >= 0.3 is 0 Å². The normalized spacial score (nSPS) is 12.9. The Hall–Kier alpha value is -2.62. The van der Waals surface area contributed by atoms with Crippen molar-refractivity contribution < 1.29 is 9.59 Å². The fraction of sp³-hybridized carbons (Fsp3) is 0.0667. The van der Waals surface area contributed by atoms with Crippen molar-refractivity contribution in [3.05, 3.63) is 58.7 Å². The highest BCUT2D eigenvalue weighted by atomic mass is 16.1. The highest BCUT2D eigenvalue weighted by Gasteiger charge is 2.29. The van der Waals surface area contributed by atoms with Crippen LogP contribution in [0.5, 0.6) is 0 Å². The van der Waals surface area contributed by atoms with E-state index in [9.17, 15) is 9.59 Å². The van der Waals surface area contributed by atoms with Crippen molar-refractivity contribution in [1.82, 2.24) is 0 Å². The van der Waals surface area contributed by atoms with Gasteiger partial charge in [-0.15, -0.1) is 0 Å². The zero-order valence-corrected chi connectivity index (χ0v) is 10.4. The molecular formula is C15H12N2O2. The molecule has 0 bridgehead atoms. The number of fused-ring (bicyclic) bond motifs is 2. The number of hydrogen-bond donors (Lipinski definition) is 2. The number of benzene rings is 2. The lowest BCUT2D eigenvalue weighted by atomic mass is 9.83. The van der Waals surface area contributed by atoms with E-state index >= 15 is 0 Å². The standard InChI is InChI=1S/C15H12N2O2/c1-17-9-3-5-11-13(7-9)15(19)10-4-2-8(16)6-12(10)14(11)18/h2-7,17H,16H2,1H3. The van der Waals surface area contributed by atoms with Crippen LogP contribution in [0.15, 0.2) is 36.4 Å². The summed E-state index contributed by atoms with van der Waals surface area (Å²) >= 11 is 0. The van der Waals surface area contributed by atoms with Crippen LogP contribution in [0.1, 0.15) is 31.8 Å². The number of carbonyl (C=O) groups excluding carboxylic acids is 2. The minimum Gasteiger partial charge on any atom is -0.399 e. The minimum atomic E-state index is -0.153. The lowest BCUT2D eigenvalue weighted by Gasteiger charge is -2.18. The number of ketones is 2. The monoisotopic (exact) mass is 252 g/mol. The summed E-state index contributed by atoms with van der Waals surface area (Å²) in [5.41, 5.74) is 8.64. The van der Waals surface area contributed by atoms with Crippen LogP contribution in [0, 0.1) is 0 Å². The maximum Gasteiger partial charge on any atom is 0.194 e. The van der Waals surface area contributed by atoms with Gasteiger partial charge in [-0.25, -0.2) is 0 Å². The Labute approximate surface area is 110 Å². The molecule has 1 aliphatic rings. The SMILES string of the molecule is CNc1ccc2c(c1)C(=O)c1ccc(N)cc1C2=O. The van der Waals surface area contributed by atoms with Crippen LogP contribution in [0.4, 0.5) is 11.4 Å². The van der Waals surface area contributed by atoms with Gasteiger partial charge in [0, 0.05) is 40.7 Å². The smallest absolute Gasteiger partial charge is 0.194 e. The van der Waals surface area contributed by atoms with Gasteiger partial charge in [-0.05, 0) is 36.4 Å². The van der Waals surface area contributed by atoms with Crippen LogP contribution in [0.2, 0.25) is 0 Å². The van der Waals surface area contributed by atoms with Crippen LogP contribution in [0.3, 0.4) is 0 Å². The lowest BCUT2D eigenvalue weighted by molar-refractivity contribution is 0.0979. The summed E-state index contributed by atoms with van der Waals surface area (Å²) in [5, 5.41) is 2.96. The average Bonchev–Trinajstić information content (AvgIpc) is 2.44. The quantitative estimate of drug-likeness (QED) is 0.650. The molecule has 0 unspecified atom stereocenters. The van der Waals surface area contributed by atoms with Crippen molar-refractivity contribution in [2.24, 2.45) is 0 Å². The van der Waals surface area contributed by atoms with Crippen LogP contribution in [0.25, 0.3) is 0 Å². The van der Waals surface area contributed by atoms with E-state index in [1.807, 2.05) is 0 Å². The maximum absolute atomic E-state index is 12.4. The number of rotatable bonds is 1. The molecule has 3 rings (SSSR count). The number of nitrogens with two attached hydrogens (primary N) is 1. The molecule has 0 aromatic heterocycles. The zero-order chi connectivity index (χ0) is 13.6. The Balaban J connectivity index is 2.26. The maximum atomic E-state index is 12.4. The van der Waals surface area contributed by atoms with Crippen LogP contribution < -0.4 is 11.1 Å². The third-order valence-electron chi connectivity index (χ3n) is 3.33. The van der Waals surface area contributed by atoms with Crippen molar-refractivity contribution in [2.75, 3.05) is 18.1 Å². The Bertz CT molecular complexity index is 720. The Kier molecular flexibility index (Phi) is 2.38. The molecule has 0 spiro atoms. The molecule has 4 heteroatoms. The molecule has 19 heavy (non-hydrogen) atoms. The molecule has 4 nitrogen and oxygen atoms in total. The van der Waals surface area contributed by atoms with Gasteiger partial charge in [0.15, 0.2) is 11.6 Å². The van der Waals surface area contributed by atoms with Crippen molar-refractivity contribution >= 4 is 22.9 Å². The second-order valence-electron chi connectivity index (χ2n) is 4.47. The summed E-state index contributed by atoms with van der Waals surface area (Å²) in [6.45, 7) is 0. The first-order valence-corrected chi connectivity index (χ1v) is 5.92. The average molecular weight is 252 g/mol. The third-order valence-corrected chi connectivity index (χ3v) is 3.33. The van der Waals surface area contributed by atoms with Crippen LogP contribution >= 0.6 is 0 Å². The highest BCUT2D eigenvalue weighted by molar-refractivity contribution is 6.28. The molecule has 3 N–H and O–H groups in total. The third kappa shape index (κ3) is 1.61. The largest absolute Gasteiger partial charge is 0.399 e. The highest BCUT2D eigenvalue weighted by Crippen LogP contribution is 2.30. The molecule has 0 heterocycles. The van der Waals surface area contributed by atoms with E-state index in [0.29, 0.717) is 27.9 Å². The summed E-state index contributed by atoms with van der Waals surface area (Å²) in [6.07, 6.45) is 0. The molecule has 0 saturated heterocycles.